The van der Waals surface area contributed by atoms with Crippen molar-refractivity contribution in [2.24, 2.45) is 0 Å². The minimum atomic E-state index is -0.519. The molecule has 0 saturated heterocycles. The summed E-state index contributed by atoms with van der Waals surface area (Å²) in [5.41, 5.74) is 2.54. The van der Waals surface area contributed by atoms with Crippen LogP contribution < -0.4 is 20.1 Å². The number of hydrogen-bond acceptors (Lipinski definition) is 6. The first-order chi connectivity index (χ1) is 13.5. The molecule has 2 heterocycles. The van der Waals surface area contributed by atoms with E-state index in [9.17, 15) is 9.59 Å². The van der Waals surface area contributed by atoms with Gasteiger partial charge in [0, 0.05) is 10.9 Å². The standard InChI is InChI=1S/C20H17N3O4S/c1-11-18(24)21-14-9-12(7-8-17(14)27-11)15-10-28-20(22-15)23-19(25)13-5-3-4-6-16(13)26-2/h3-11H,1-2H3,(H,21,24)(H,22,23,25). The van der Waals surface area contributed by atoms with Crippen LogP contribution in [0.4, 0.5) is 10.8 Å². The van der Waals surface area contributed by atoms with Crippen LogP contribution in [0.15, 0.2) is 47.8 Å². The summed E-state index contributed by atoms with van der Waals surface area (Å²) in [6, 6.07) is 12.5. The quantitative estimate of drug-likeness (QED) is 0.702. The predicted octanol–water partition coefficient (Wildman–Crippen LogP) is 3.79. The zero-order valence-electron chi connectivity index (χ0n) is 15.2. The number of aromatic nitrogens is 1. The molecule has 1 aliphatic heterocycles. The molecule has 1 aromatic heterocycles. The molecule has 2 aromatic carbocycles. The van der Waals surface area contributed by atoms with Gasteiger partial charge in [0.2, 0.25) is 0 Å². The van der Waals surface area contributed by atoms with Crippen molar-refractivity contribution in [3.05, 3.63) is 53.4 Å². The SMILES string of the molecule is COc1ccccc1C(=O)Nc1nc(-c2ccc3c(c2)NC(=O)C(C)O3)cs1. The highest BCUT2D eigenvalue weighted by atomic mass is 32.1. The fraction of sp³-hybridized carbons (Fsp3) is 0.150. The van der Waals surface area contributed by atoms with Crippen molar-refractivity contribution >= 4 is 34.0 Å². The second-order valence-corrected chi connectivity index (χ2v) is 7.01. The van der Waals surface area contributed by atoms with Crippen molar-refractivity contribution in [1.29, 1.82) is 0 Å². The topological polar surface area (TPSA) is 89.5 Å². The third-order valence-electron chi connectivity index (χ3n) is 4.28. The molecule has 142 valence electrons. The van der Waals surface area contributed by atoms with Crippen LogP contribution in [-0.2, 0) is 4.79 Å². The number of benzene rings is 2. The Morgan fingerprint density at radius 3 is 2.93 bits per heavy atom. The number of para-hydroxylation sites is 1. The molecule has 1 atom stereocenters. The molecular formula is C20H17N3O4S. The summed E-state index contributed by atoms with van der Waals surface area (Å²) in [5.74, 6) is 0.637. The predicted molar refractivity (Wildman–Crippen MR) is 107 cm³/mol. The van der Waals surface area contributed by atoms with Gasteiger partial charge < -0.3 is 14.8 Å². The van der Waals surface area contributed by atoms with Crippen LogP contribution in [0.5, 0.6) is 11.5 Å². The van der Waals surface area contributed by atoms with Crippen LogP contribution in [0.2, 0.25) is 0 Å². The van der Waals surface area contributed by atoms with Crippen LogP contribution in [0.3, 0.4) is 0 Å². The van der Waals surface area contributed by atoms with Gasteiger partial charge in [0.05, 0.1) is 24.1 Å². The summed E-state index contributed by atoms with van der Waals surface area (Å²) in [7, 11) is 1.52. The molecule has 1 unspecified atom stereocenters. The molecule has 0 bridgehead atoms. The average Bonchev–Trinajstić information content (AvgIpc) is 3.17. The van der Waals surface area contributed by atoms with Crippen molar-refractivity contribution in [2.45, 2.75) is 13.0 Å². The van der Waals surface area contributed by atoms with E-state index in [0.717, 1.165) is 5.56 Å². The highest BCUT2D eigenvalue weighted by Crippen LogP contribution is 2.35. The van der Waals surface area contributed by atoms with E-state index >= 15 is 0 Å². The van der Waals surface area contributed by atoms with Crippen molar-refractivity contribution in [2.75, 3.05) is 17.7 Å². The normalized spacial score (nSPS) is 15.2. The number of carbonyl (C=O) groups is 2. The van der Waals surface area contributed by atoms with E-state index in [1.807, 2.05) is 11.4 Å². The zero-order chi connectivity index (χ0) is 19.7. The summed E-state index contributed by atoms with van der Waals surface area (Å²) in [5, 5.41) is 7.92. The van der Waals surface area contributed by atoms with E-state index in [2.05, 4.69) is 15.6 Å². The number of methoxy groups -OCH3 is 1. The molecule has 4 rings (SSSR count). The Labute approximate surface area is 165 Å². The molecular weight excluding hydrogens is 378 g/mol. The summed E-state index contributed by atoms with van der Waals surface area (Å²) in [4.78, 5) is 28.8. The number of carbonyl (C=O) groups excluding carboxylic acids is 2. The van der Waals surface area contributed by atoms with Gasteiger partial charge in [-0.05, 0) is 37.3 Å². The summed E-state index contributed by atoms with van der Waals surface area (Å²) < 4.78 is 10.8. The lowest BCUT2D eigenvalue weighted by atomic mass is 10.1. The van der Waals surface area contributed by atoms with Crippen molar-refractivity contribution in [3.63, 3.8) is 0 Å². The summed E-state index contributed by atoms with van der Waals surface area (Å²) >= 11 is 1.32. The number of anilines is 2. The van der Waals surface area contributed by atoms with Crippen LogP contribution in [-0.4, -0.2) is 30.0 Å². The van der Waals surface area contributed by atoms with Gasteiger partial charge in [-0.25, -0.2) is 4.98 Å². The Balaban J connectivity index is 1.54. The Morgan fingerprint density at radius 2 is 2.11 bits per heavy atom. The van der Waals surface area contributed by atoms with E-state index in [0.29, 0.717) is 33.6 Å². The molecule has 0 radical (unpaired) electrons. The molecule has 2 N–H and O–H groups in total. The highest BCUT2D eigenvalue weighted by molar-refractivity contribution is 7.14. The van der Waals surface area contributed by atoms with E-state index in [1.54, 1.807) is 43.3 Å². The Hall–Kier alpha value is -3.39. The molecule has 3 aromatic rings. The van der Waals surface area contributed by atoms with E-state index in [-0.39, 0.29) is 11.8 Å². The average molecular weight is 395 g/mol. The summed E-state index contributed by atoms with van der Waals surface area (Å²) in [6.45, 7) is 1.70. The Bertz CT molecular complexity index is 1060. The third kappa shape index (κ3) is 3.41. The van der Waals surface area contributed by atoms with Crippen LogP contribution in [0, 0.1) is 0 Å². The molecule has 0 saturated carbocycles. The van der Waals surface area contributed by atoms with Gasteiger partial charge in [0.15, 0.2) is 11.2 Å². The number of rotatable bonds is 4. The van der Waals surface area contributed by atoms with Crippen molar-refractivity contribution in [3.8, 4) is 22.8 Å². The summed E-state index contributed by atoms with van der Waals surface area (Å²) in [6.07, 6.45) is -0.519. The first kappa shape index (κ1) is 18.0. The van der Waals surface area contributed by atoms with Crippen molar-refractivity contribution in [1.82, 2.24) is 4.98 Å². The van der Waals surface area contributed by atoms with Gasteiger partial charge in [0.25, 0.3) is 11.8 Å². The molecule has 28 heavy (non-hydrogen) atoms. The first-order valence-corrected chi connectivity index (χ1v) is 9.45. The van der Waals surface area contributed by atoms with Gasteiger partial charge in [-0.2, -0.15) is 0 Å². The maximum absolute atomic E-state index is 12.5. The van der Waals surface area contributed by atoms with E-state index < -0.39 is 6.10 Å². The van der Waals surface area contributed by atoms with Gasteiger partial charge in [-0.15, -0.1) is 11.3 Å². The van der Waals surface area contributed by atoms with E-state index in [4.69, 9.17) is 9.47 Å². The van der Waals surface area contributed by atoms with Crippen LogP contribution >= 0.6 is 11.3 Å². The molecule has 8 heteroatoms. The Morgan fingerprint density at radius 1 is 1.29 bits per heavy atom. The maximum Gasteiger partial charge on any atom is 0.265 e. The highest BCUT2D eigenvalue weighted by Gasteiger charge is 2.24. The zero-order valence-corrected chi connectivity index (χ0v) is 16.0. The largest absolute Gasteiger partial charge is 0.496 e. The molecule has 2 amide bonds. The number of nitrogens with zero attached hydrogens (tertiary/aromatic N) is 1. The monoisotopic (exact) mass is 395 g/mol. The number of hydrogen-bond donors (Lipinski definition) is 2. The van der Waals surface area contributed by atoms with Crippen LogP contribution in [0.25, 0.3) is 11.3 Å². The second kappa shape index (κ2) is 7.32. The minimum Gasteiger partial charge on any atom is -0.496 e. The fourth-order valence-electron chi connectivity index (χ4n) is 2.83. The Kier molecular flexibility index (Phi) is 4.70. The number of thiazole rings is 1. The fourth-order valence-corrected chi connectivity index (χ4v) is 3.54. The lowest BCUT2D eigenvalue weighted by molar-refractivity contribution is -0.122. The van der Waals surface area contributed by atoms with Gasteiger partial charge in [-0.3, -0.25) is 14.9 Å². The van der Waals surface area contributed by atoms with E-state index in [1.165, 1.54) is 18.4 Å². The number of ether oxygens (including phenoxy) is 2. The number of fused-ring (bicyclic) bond motifs is 1. The van der Waals surface area contributed by atoms with Crippen molar-refractivity contribution < 1.29 is 19.1 Å². The third-order valence-corrected chi connectivity index (χ3v) is 5.04. The van der Waals surface area contributed by atoms with Gasteiger partial charge in [-0.1, -0.05) is 12.1 Å². The minimum absolute atomic E-state index is 0.187. The lowest BCUT2D eigenvalue weighted by Crippen LogP contribution is -2.34. The maximum atomic E-state index is 12.5. The molecule has 0 fully saturated rings. The number of amides is 2. The first-order valence-electron chi connectivity index (χ1n) is 8.57. The molecule has 7 nitrogen and oxygen atoms in total. The lowest BCUT2D eigenvalue weighted by Gasteiger charge is -2.23. The molecule has 0 aliphatic carbocycles. The second-order valence-electron chi connectivity index (χ2n) is 6.15. The smallest absolute Gasteiger partial charge is 0.265 e. The molecule has 0 spiro atoms. The number of nitrogens with one attached hydrogen (secondary N) is 2. The van der Waals surface area contributed by atoms with Gasteiger partial charge in [0.1, 0.15) is 11.5 Å². The van der Waals surface area contributed by atoms with Gasteiger partial charge >= 0.3 is 0 Å². The molecule has 1 aliphatic rings. The van der Waals surface area contributed by atoms with Crippen LogP contribution in [0.1, 0.15) is 17.3 Å².